The van der Waals surface area contributed by atoms with Gasteiger partial charge >= 0.3 is 0 Å². The third-order valence-electron chi connectivity index (χ3n) is 2.87. The van der Waals surface area contributed by atoms with E-state index in [0.29, 0.717) is 12.1 Å². The lowest BCUT2D eigenvalue weighted by atomic mass is 9.99. The van der Waals surface area contributed by atoms with Crippen molar-refractivity contribution in [3.05, 3.63) is 0 Å². The molecule has 2 saturated heterocycles. The number of hydrogen-bond donors (Lipinski definition) is 1. The van der Waals surface area contributed by atoms with E-state index in [1.54, 1.807) is 0 Å². The number of piperidine rings is 1. The normalized spacial score (nSPS) is 36.0. The minimum absolute atomic E-state index is 0.417. The Balaban J connectivity index is 1.69. The maximum absolute atomic E-state index is 5.66. The highest BCUT2D eigenvalue weighted by molar-refractivity contribution is 4.78. The van der Waals surface area contributed by atoms with Crippen LogP contribution in [0.1, 0.15) is 25.7 Å². The van der Waals surface area contributed by atoms with Crippen LogP contribution in [-0.2, 0) is 4.74 Å². The van der Waals surface area contributed by atoms with E-state index in [1.807, 2.05) is 0 Å². The van der Waals surface area contributed by atoms with E-state index in [-0.39, 0.29) is 0 Å². The zero-order chi connectivity index (χ0) is 8.93. The van der Waals surface area contributed by atoms with E-state index >= 15 is 0 Å². The van der Waals surface area contributed by atoms with Crippen LogP contribution in [0.2, 0.25) is 0 Å². The van der Waals surface area contributed by atoms with Crippen LogP contribution in [0.25, 0.3) is 0 Å². The Morgan fingerprint density at radius 3 is 3.08 bits per heavy atom. The maximum atomic E-state index is 5.66. The van der Waals surface area contributed by atoms with Gasteiger partial charge < -0.3 is 10.1 Å². The van der Waals surface area contributed by atoms with Gasteiger partial charge in [0.25, 0.3) is 0 Å². The second-order valence-electron chi connectivity index (χ2n) is 3.99. The van der Waals surface area contributed by atoms with Crippen molar-refractivity contribution in [3.63, 3.8) is 0 Å². The molecule has 2 aliphatic rings. The van der Waals surface area contributed by atoms with E-state index in [4.69, 9.17) is 4.74 Å². The summed E-state index contributed by atoms with van der Waals surface area (Å²) in [6.07, 6.45) is 5.47. The van der Waals surface area contributed by atoms with Gasteiger partial charge in [0.15, 0.2) is 0 Å². The summed E-state index contributed by atoms with van der Waals surface area (Å²) in [6.45, 7) is 3.98. The lowest BCUT2D eigenvalue weighted by Gasteiger charge is -2.29. The SMILES string of the molecule is C1CCC(CC2CNCCO2)[N]C1. The van der Waals surface area contributed by atoms with Gasteiger partial charge in [0.05, 0.1) is 12.7 Å². The summed E-state index contributed by atoms with van der Waals surface area (Å²) in [5.74, 6) is 0. The molecular formula is C10H19N2O. The first-order chi connectivity index (χ1) is 6.45. The number of ether oxygens (including phenoxy) is 1. The summed E-state index contributed by atoms with van der Waals surface area (Å²) in [5, 5.41) is 7.97. The maximum Gasteiger partial charge on any atom is 0.0715 e. The quantitative estimate of drug-likeness (QED) is 0.677. The smallest absolute Gasteiger partial charge is 0.0715 e. The van der Waals surface area contributed by atoms with Crippen LogP contribution < -0.4 is 10.6 Å². The second-order valence-corrected chi connectivity index (χ2v) is 3.99. The lowest BCUT2D eigenvalue weighted by molar-refractivity contribution is 0.0153. The van der Waals surface area contributed by atoms with E-state index in [9.17, 15) is 0 Å². The van der Waals surface area contributed by atoms with Crippen molar-refractivity contribution in [2.45, 2.75) is 37.8 Å². The third-order valence-corrected chi connectivity index (χ3v) is 2.87. The molecule has 75 valence electrons. The van der Waals surface area contributed by atoms with Gasteiger partial charge in [-0.05, 0) is 19.3 Å². The average Bonchev–Trinajstić information content (AvgIpc) is 2.21. The summed E-state index contributed by atoms with van der Waals surface area (Å²) in [6, 6.07) is 0.582. The second kappa shape index (κ2) is 4.94. The van der Waals surface area contributed by atoms with E-state index in [2.05, 4.69) is 10.6 Å². The topological polar surface area (TPSA) is 35.4 Å². The zero-order valence-electron chi connectivity index (χ0n) is 8.17. The first-order valence-electron chi connectivity index (χ1n) is 5.44. The van der Waals surface area contributed by atoms with Gasteiger partial charge in [-0.15, -0.1) is 0 Å². The molecule has 0 spiro atoms. The van der Waals surface area contributed by atoms with Crippen molar-refractivity contribution in [1.29, 1.82) is 0 Å². The minimum atomic E-state index is 0.417. The molecule has 3 nitrogen and oxygen atoms in total. The molecule has 3 heteroatoms. The fourth-order valence-electron chi connectivity index (χ4n) is 2.12. The first-order valence-corrected chi connectivity index (χ1v) is 5.44. The number of morpholine rings is 1. The third kappa shape index (κ3) is 2.93. The molecule has 2 atom stereocenters. The van der Waals surface area contributed by atoms with Crippen LogP contribution in [-0.4, -0.2) is 38.4 Å². The monoisotopic (exact) mass is 183 g/mol. The molecule has 0 aromatic rings. The van der Waals surface area contributed by atoms with Crippen LogP contribution in [0.5, 0.6) is 0 Å². The molecule has 0 aliphatic carbocycles. The van der Waals surface area contributed by atoms with Gasteiger partial charge in [0.1, 0.15) is 0 Å². The molecule has 2 unspecified atom stereocenters. The summed E-state index contributed by atoms with van der Waals surface area (Å²) >= 11 is 0. The molecular weight excluding hydrogens is 164 g/mol. The van der Waals surface area contributed by atoms with Gasteiger partial charge in [-0.2, -0.15) is 0 Å². The molecule has 1 radical (unpaired) electrons. The van der Waals surface area contributed by atoms with Crippen LogP contribution in [0.3, 0.4) is 0 Å². The predicted molar refractivity (Wildman–Crippen MR) is 51.9 cm³/mol. The van der Waals surface area contributed by atoms with Crippen molar-refractivity contribution in [3.8, 4) is 0 Å². The standard InChI is InChI=1S/C10H19N2O/c1-2-4-12-9(3-1)7-10-8-11-5-6-13-10/h9-11H,1-8H2. The fourth-order valence-corrected chi connectivity index (χ4v) is 2.12. The summed E-state index contributed by atoms with van der Waals surface area (Å²) in [5.41, 5.74) is 0. The summed E-state index contributed by atoms with van der Waals surface area (Å²) in [4.78, 5) is 0. The summed E-state index contributed by atoms with van der Waals surface area (Å²) in [7, 11) is 0. The Labute approximate surface area is 80.2 Å². The van der Waals surface area contributed by atoms with E-state index in [0.717, 1.165) is 32.7 Å². The van der Waals surface area contributed by atoms with Crippen LogP contribution in [0.4, 0.5) is 0 Å². The van der Waals surface area contributed by atoms with Crippen molar-refractivity contribution in [2.24, 2.45) is 0 Å². The highest BCUT2D eigenvalue weighted by Gasteiger charge is 2.21. The Kier molecular flexibility index (Phi) is 3.58. The lowest BCUT2D eigenvalue weighted by Crippen LogP contribution is -2.42. The highest BCUT2D eigenvalue weighted by atomic mass is 16.5. The van der Waals surface area contributed by atoms with Crippen LogP contribution in [0.15, 0.2) is 0 Å². The first kappa shape index (κ1) is 9.44. The van der Waals surface area contributed by atoms with Crippen molar-refractivity contribution < 1.29 is 4.74 Å². The van der Waals surface area contributed by atoms with Gasteiger partial charge in [-0.1, -0.05) is 6.42 Å². The van der Waals surface area contributed by atoms with Gasteiger partial charge in [-0.3, -0.25) is 0 Å². The van der Waals surface area contributed by atoms with Gasteiger partial charge in [0.2, 0.25) is 0 Å². The summed E-state index contributed by atoms with van der Waals surface area (Å²) < 4.78 is 5.66. The molecule has 1 N–H and O–H groups in total. The van der Waals surface area contributed by atoms with Crippen molar-refractivity contribution in [2.75, 3.05) is 26.2 Å². The number of nitrogens with zero attached hydrogens (tertiary/aromatic N) is 1. The molecule has 0 amide bonds. The molecule has 13 heavy (non-hydrogen) atoms. The molecule has 2 fully saturated rings. The molecule has 0 aromatic carbocycles. The molecule has 0 aromatic heterocycles. The van der Waals surface area contributed by atoms with E-state index < -0.39 is 0 Å². The van der Waals surface area contributed by atoms with Gasteiger partial charge in [0, 0.05) is 25.7 Å². The number of nitrogens with one attached hydrogen (secondary N) is 1. The Hall–Kier alpha value is -0.120. The average molecular weight is 183 g/mol. The number of hydrogen-bond acceptors (Lipinski definition) is 2. The largest absolute Gasteiger partial charge is 0.376 e. The molecule has 2 heterocycles. The fraction of sp³-hybridized carbons (Fsp3) is 1.00. The Morgan fingerprint density at radius 2 is 2.38 bits per heavy atom. The molecule has 2 rings (SSSR count). The molecule has 2 aliphatic heterocycles. The predicted octanol–water partition coefficient (Wildman–Crippen LogP) is 0.522. The van der Waals surface area contributed by atoms with Crippen LogP contribution >= 0.6 is 0 Å². The highest BCUT2D eigenvalue weighted by Crippen LogP contribution is 2.15. The molecule has 0 saturated carbocycles. The van der Waals surface area contributed by atoms with Crippen molar-refractivity contribution >= 4 is 0 Å². The van der Waals surface area contributed by atoms with E-state index in [1.165, 1.54) is 19.3 Å². The number of rotatable bonds is 2. The zero-order valence-corrected chi connectivity index (χ0v) is 8.17. The van der Waals surface area contributed by atoms with Crippen molar-refractivity contribution in [1.82, 2.24) is 10.6 Å². The van der Waals surface area contributed by atoms with Gasteiger partial charge in [-0.25, -0.2) is 5.32 Å². The van der Waals surface area contributed by atoms with Crippen LogP contribution in [0, 0.1) is 0 Å². The Morgan fingerprint density at radius 1 is 1.38 bits per heavy atom. The molecule has 0 bridgehead atoms. The minimum Gasteiger partial charge on any atom is -0.376 e. The Bertz CT molecular complexity index is 124.